The quantitative estimate of drug-likeness (QED) is 0.750. The summed E-state index contributed by atoms with van der Waals surface area (Å²) in [4.78, 5) is 22.6. The Bertz CT molecular complexity index is 491. The van der Waals surface area contributed by atoms with Gasteiger partial charge in [0.15, 0.2) is 0 Å². The summed E-state index contributed by atoms with van der Waals surface area (Å²) >= 11 is 0. The summed E-state index contributed by atoms with van der Waals surface area (Å²) in [6.07, 6.45) is 1.24. The van der Waals surface area contributed by atoms with Crippen LogP contribution in [0.5, 0.6) is 0 Å². The van der Waals surface area contributed by atoms with Crippen LogP contribution in [0, 0.1) is 18.7 Å². The SMILES string of the molecule is CCCC(CNC(=O)Nc1ccc(F)c(C)c1)C(=O)O. The fourth-order valence-electron chi connectivity index (χ4n) is 1.77. The summed E-state index contributed by atoms with van der Waals surface area (Å²) < 4.78 is 13.1. The fourth-order valence-corrected chi connectivity index (χ4v) is 1.77. The molecule has 1 aromatic carbocycles. The van der Waals surface area contributed by atoms with Gasteiger partial charge in [0.05, 0.1) is 5.92 Å². The van der Waals surface area contributed by atoms with Gasteiger partial charge >= 0.3 is 12.0 Å². The van der Waals surface area contributed by atoms with Crippen molar-refractivity contribution in [1.29, 1.82) is 0 Å². The zero-order chi connectivity index (χ0) is 15.1. The number of carbonyl (C=O) groups is 2. The molecule has 110 valence electrons. The Morgan fingerprint density at radius 3 is 2.65 bits per heavy atom. The van der Waals surface area contributed by atoms with E-state index in [4.69, 9.17) is 5.11 Å². The van der Waals surface area contributed by atoms with Gasteiger partial charge in [0, 0.05) is 12.2 Å². The van der Waals surface area contributed by atoms with Crippen LogP contribution in [0.15, 0.2) is 18.2 Å². The first-order valence-electron chi connectivity index (χ1n) is 6.47. The number of carbonyl (C=O) groups excluding carboxylic acids is 1. The van der Waals surface area contributed by atoms with Crippen LogP contribution in [-0.2, 0) is 4.79 Å². The number of rotatable bonds is 6. The summed E-state index contributed by atoms with van der Waals surface area (Å²) in [5.41, 5.74) is 0.890. The summed E-state index contributed by atoms with van der Waals surface area (Å²) in [5.74, 6) is -1.87. The molecular weight excluding hydrogens is 263 g/mol. The Labute approximate surface area is 117 Å². The molecule has 20 heavy (non-hydrogen) atoms. The number of halogens is 1. The van der Waals surface area contributed by atoms with Crippen LogP contribution >= 0.6 is 0 Å². The molecule has 1 rings (SSSR count). The third-order valence-corrected chi connectivity index (χ3v) is 2.91. The predicted octanol–water partition coefficient (Wildman–Crippen LogP) is 2.76. The molecule has 1 unspecified atom stereocenters. The zero-order valence-electron chi connectivity index (χ0n) is 11.6. The molecule has 0 radical (unpaired) electrons. The topological polar surface area (TPSA) is 78.4 Å². The lowest BCUT2D eigenvalue weighted by Crippen LogP contribution is -2.35. The number of nitrogens with one attached hydrogen (secondary N) is 2. The van der Waals surface area contributed by atoms with Gasteiger partial charge in [-0.15, -0.1) is 0 Å². The van der Waals surface area contributed by atoms with E-state index in [0.29, 0.717) is 17.7 Å². The van der Waals surface area contributed by atoms with Crippen molar-refractivity contribution in [2.45, 2.75) is 26.7 Å². The number of hydrogen-bond donors (Lipinski definition) is 3. The van der Waals surface area contributed by atoms with Crippen LogP contribution in [0.4, 0.5) is 14.9 Å². The third kappa shape index (κ3) is 4.87. The second kappa shape index (κ2) is 7.47. The van der Waals surface area contributed by atoms with Gasteiger partial charge in [-0.05, 0) is 37.1 Å². The maximum atomic E-state index is 13.1. The number of carboxylic acids is 1. The number of anilines is 1. The Balaban J connectivity index is 2.50. The summed E-state index contributed by atoms with van der Waals surface area (Å²) in [5, 5.41) is 14.0. The van der Waals surface area contributed by atoms with Crippen molar-refractivity contribution in [3.63, 3.8) is 0 Å². The molecule has 0 heterocycles. The first-order chi connectivity index (χ1) is 9.43. The molecule has 0 fully saturated rings. The fraction of sp³-hybridized carbons (Fsp3) is 0.429. The van der Waals surface area contributed by atoms with Gasteiger partial charge in [-0.3, -0.25) is 4.79 Å². The minimum Gasteiger partial charge on any atom is -0.481 e. The van der Waals surface area contributed by atoms with Crippen LogP contribution in [0.1, 0.15) is 25.3 Å². The molecule has 3 N–H and O–H groups in total. The lowest BCUT2D eigenvalue weighted by Gasteiger charge is -2.13. The van der Waals surface area contributed by atoms with E-state index >= 15 is 0 Å². The van der Waals surface area contributed by atoms with Crippen molar-refractivity contribution < 1.29 is 19.1 Å². The van der Waals surface area contributed by atoms with Crippen LogP contribution < -0.4 is 10.6 Å². The van der Waals surface area contributed by atoms with Gasteiger partial charge in [0.25, 0.3) is 0 Å². The molecule has 2 amide bonds. The van der Waals surface area contributed by atoms with Gasteiger partial charge in [-0.25, -0.2) is 9.18 Å². The van der Waals surface area contributed by atoms with Crippen LogP contribution in [-0.4, -0.2) is 23.7 Å². The molecule has 6 heteroatoms. The van der Waals surface area contributed by atoms with Crippen molar-refractivity contribution in [3.05, 3.63) is 29.6 Å². The van der Waals surface area contributed by atoms with E-state index in [1.807, 2.05) is 6.92 Å². The molecular formula is C14H19FN2O3. The second-order valence-electron chi connectivity index (χ2n) is 4.62. The van der Waals surface area contributed by atoms with Gasteiger partial charge < -0.3 is 15.7 Å². The Kier molecular flexibility index (Phi) is 5.96. The number of hydrogen-bond acceptors (Lipinski definition) is 2. The maximum absolute atomic E-state index is 13.1. The van der Waals surface area contributed by atoms with Crippen LogP contribution in [0.2, 0.25) is 0 Å². The molecule has 0 bridgehead atoms. The molecule has 0 saturated heterocycles. The largest absolute Gasteiger partial charge is 0.481 e. The van der Waals surface area contributed by atoms with E-state index in [2.05, 4.69) is 10.6 Å². The lowest BCUT2D eigenvalue weighted by molar-refractivity contribution is -0.141. The highest BCUT2D eigenvalue weighted by Crippen LogP contribution is 2.13. The Hall–Kier alpha value is -2.11. The molecule has 0 aromatic heterocycles. The van der Waals surface area contributed by atoms with E-state index in [-0.39, 0.29) is 12.4 Å². The molecule has 1 aromatic rings. The molecule has 0 saturated carbocycles. The van der Waals surface area contributed by atoms with Crippen molar-refractivity contribution in [1.82, 2.24) is 5.32 Å². The average Bonchev–Trinajstić information content (AvgIpc) is 2.38. The highest BCUT2D eigenvalue weighted by atomic mass is 19.1. The molecule has 0 aliphatic carbocycles. The van der Waals surface area contributed by atoms with E-state index in [1.165, 1.54) is 18.2 Å². The van der Waals surface area contributed by atoms with Gasteiger partial charge in [-0.1, -0.05) is 13.3 Å². The van der Waals surface area contributed by atoms with Crippen LogP contribution in [0.25, 0.3) is 0 Å². The van der Waals surface area contributed by atoms with E-state index in [1.54, 1.807) is 6.92 Å². The summed E-state index contributed by atoms with van der Waals surface area (Å²) in [7, 11) is 0. The predicted molar refractivity (Wildman–Crippen MR) is 74.2 cm³/mol. The Morgan fingerprint density at radius 1 is 1.40 bits per heavy atom. The molecule has 0 aliphatic rings. The minimum absolute atomic E-state index is 0.0647. The lowest BCUT2D eigenvalue weighted by atomic mass is 10.0. The minimum atomic E-state index is -0.926. The molecule has 0 spiro atoms. The van der Waals surface area contributed by atoms with Crippen molar-refractivity contribution >= 4 is 17.7 Å². The highest BCUT2D eigenvalue weighted by molar-refractivity contribution is 5.89. The first kappa shape index (κ1) is 15.9. The van der Waals surface area contributed by atoms with Gasteiger partial charge in [0.1, 0.15) is 5.82 Å². The van der Waals surface area contributed by atoms with E-state index < -0.39 is 17.9 Å². The molecule has 1 atom stereocenters. The smallest absolute Gasteiger partial charge is 0.319 e. The second-order valence-corrected chi connectivity index (χ2v) is 4.62. The zero-order valence-corrected chi connectivity index (χ0v) is 11.6. The number of urea groups is 1. The van der Waals surface area contributed by atoms with Gasteiger partial charge in [0.2, 0.25) is 0 Å². The number of aliphatic carboxylic acids is 1. The van der Waals surface area contributed by atoms with E-state index in [0.717, 1.165) is 6.42 Å². The average molecular weight is 282 g/mol. The normalized spacial score (nSPS) is 11.8. The molecule has 0 aliphatic heterocycles. The van der Waals surface area contributed by atoms with Crippen molar-refractivity contribution in [2.75, 3.05) is 11.9 Å². The number of aryl methyl sites for hydroxylation is 1. The number of carboxylic acid groups (broad SMARTS) is 1. The third-order valence-electron chi connectivity index (χ3n) is 2.91. The number of benzene rings is 1. The first-order valence-corrected chi connectivity index (χ1v) is 6.47. The number of amides is 2. The van der Waals surface area contributed by atoms with Crippen molar-refractivity contribution in [3.8, 4) is 0 Å². The van der Waals surface area contributed by atoms with E-state index in [9.17, 15) is 14.0 Å². The monoisotopic (exact) mass is 282 g/mol. The van der Waals surface area contributed by atoms with Crippen molar-refractivity contribution in [2.24, 2.45) is 5.92 Å². The summed E-state index contributed by atoms with van der Waals surface area (Å²) in [6, 6.07) is 3.72. The van der Waals surface area contributed by atoms with Gasteiger partial charge in [-0.2, -0.15) is 0 Å². The molecule has 5 nitrogen and oxygen atoms in total. The Morgan fingerprint density at radius 2 is 2.10 bits per heavy atom. The standard InChI is InChI=1S/C14H19FN2O3/c1-3-4-10(13(18)19)8-16-14(20)17-11-5-6-12(15)9(2)7-11/h5-7,10H,3-4,8H2,1-2H3,(H,18,19)(H2,16,17,20). The summed E-state index contributed by atoms with van der Waals surface area (Å²) in [6.45, 7) is 3.55. The highest BCUT2D eigenvalue weighted by Gasteiger charge is 2.17. The van der Waals surface area contributed by atoms with Crippen LogP contribution in [0.3, 0.4) is 0 Å². The maximum Gasteiger partial charge on any atom is 0.319 e.